The van der Waals surface area contributed by atoms with Gasteiger partial charge in [0, 0.05) is 0 Å². The third-order valence-electron chi connectivity index (χ3n) is 3.58. The molecule has 0 radical (unpaired) electrons. The lowest BCUT2D eigenvalue weighted by Gasteiger charge is -2.13. The SMILES string of the molecule is CCC(Br)c1oc2ccccc2c(=O)c1-c1cccc(F)c1. The molecule has 1 unspecified atom stereocenters. The fourth-order valence-corrected chi connectivity index (χ4v) is 2.80. The molecule has 0 saturated heterocycles. The Morgan fingerprint density at radius 1 is 1.18 bits per heavy atom. The van der Waals surface area contributed by atoms with Gasteiger partial charge in [-0.2, -0.15) is 0 Å². The van der Waals surface area contributed by atoms with Crippen molar-refractivity contribution in [3.8, 4) is 11.1 Å². The van der Waals surface area contributed by atoms with Crippen molar-refractivity contribution in [2.24, 2.45) is 0 Å². The molecule has 0 spiro atoms. The topological polar surface area (TPSA) is 30.2 Å². The average molecular weight is 361 g/mol. The van der Waals surface area contributed by atoms with Gasteiger partial charge in [-0.15, -0.1) is 0 Å². The summed E-state index contributed by atoms with van der Waals surface area (Å²) in [5, 5.41) is 0.501. The maximum Gasteiger partial charge on any atom is 0.200 e. The second-order valence-corrected chi connectivity index (χ2v) is 6.16. The largest absolute Gasteiger partial charge is 0.459 e. The van der Waals surface area contributed by atoms with E-state index in [1.807, 2.05) is 13.0 Å². The fourth-order valence-electron chi connectivity index (χ4n) is 2.48. The first-order valence-corrected chi connectivity index (χ1v) is 7.99. The van der Waals surface area contributed by atoms with Crippen LogP contribution in [0.3, 0.4) is 0 Å². The molecule has 3 rings (SSSR count). The molecule has 3 aromatic rings. The molecule has 0 fully saturated rings. The van der Waals surface area contributed by atoms with Gasteiger partial charge < -0.3 is 4.42 Å². The summed E-state index contributed by atoms with van der Waals surface area (Å²) in [5.41, 5.74) is 1.36. The summed E-state index contributed by atoms with van der Waals surface area (Å²) in [6.45, 7) is 1.99. The van der Waals surface area contributed by atoms with Gasteiger partial charge in [-0.1, -0.05) is 47.1 Å². The zero-order chi connectivity index (χ0) is 15.7. The molecule has 2 aromatic carbocycles. The Balaban J connectivity index is 2.40. The summed E-state index contributed by atoms with van der Waals surface area (Å²) < 4.78 is 19.5. The molecule has 2 nitrogen and oxygen atoms in total. The van der Waals surface area contributed by atoms with Crippen molar-refractivity contribution < 1.29 is 8.81 Å². The van der Waals surface area contributed by atoms with Gasteiger partial charge in [0.15, 0.2) is 0 Å². The van der Waals surface area contributed by atoms with Crippen LogP contribution in [-0.4, -0.2) is 0 Å². The van der Waals surface area contributed by atoms with Gasteiger partial charge in [0.2, 0.25) is 5.43 Å². The fraction of sp³-hybridized carbons (Fsp3) is 0.167. The zero-order valence-electron chi connectivity index (χ0n) is 12.0. The number of para-hydroxylation sites is 1. The normalized spacial score (nSPS) is 12.5. The molecular weight excluding hydrogens is 347 g/mol. The van der Waals surface area contributed by atoms with E-state index in [0.29, 0.717) is 27.9 Å². The van der Waals surface area contributed by atoms with E-state index in [2.05, 4.69) is 15.9 Å². The van der Waals surface area contributed by atoms with Crippen molar-refractivity contribution in [3.63, 3.8) is 0 Å². The minimum absolute atomic E-state index is 0.108. The quantitative estimate of drug-likeness (QED) is 0.581. The number of halogens is 2. The lowest BCUT2D eigenvalue weighted by Crippen LogP contribution is -2.10. The highest BCUT2D eigenvalue weighted by molar-refractivity contribution is 9.09. The molecule has 0 saturated carbocycles. The summed E-state index contributed by atoms with van der Waals surface area (Å²) in [6.07, 6.45) is 0.754. The van der Waals surface area contributed by atoms with Gasteiger partial charge in [-0.05, 0) is 36.2 Å². The summed E-state index contributed by atoms with van der Waals surface area (Å²) >= 11 is 3.55. The third kappa shape index (κ3) is 2.59. The van der Waals surface area contributed by atoms with Crippen molar-refractivity contribution in [2.45, 2.75) is 18.2 Å². The van der Waals surface area contributed by atoms with E-state index in [9.17, 15) is 9.18 Å². The standard InChI is InChI=1S/C18H14BrFO2/c1-2-14(19)18-16(11-6-5-7-12(20)10-11)17(21)13-8-3-4-9-15(13)22-18/h3-10,14H,2H2,1H3. The predicted molar refractivity (Wildman–Crippen MR) is 89.8 cm³/mol. The van der Waals surface area contributed by atoms with Gasteiger partial charge in [0.1, 0.15) is 17.2 Å². The smallest absolute Gasteiger partial charge is 0.200 e. The minimum Gasteiger partial charge on any atom is -0.459 e. The van der Waals surface area contributed by atoms with Crippen LogP contribution < -0.4 is 5.43 Å². The Bertz CT molecular complexity index is 886. The summed E-state index contributed by atoms with van der Waals surface area (Å²) in [7, 11) is 0. The van der Waals surface area contributed by atoms with E-state index in [1.54, 1.807) is 30.3 Å². The summed E-state index contributed by atoms with van der Waals surface area (Å²) in [5.74, 6) is 0.162. The molecule has 1 heterocycles. The Hall–Kier alpha value is -1.94. The maximum atomic E-state index is 13.6. The van der Waals surface area contributed by atoms with E-state index in [0.717, 1.165) is 6.42 Å². The highest BCUT2D eigenvalue weighted by Crippen LogP contribution is 2.35. The van der Waals surface area contributed by atoms with Gasteiger partial charge in [0.25, 0.3) is 0 Å². The van der Waals surface area contributed by atoms with E-state index in [4.69, 9.17) is 4.42 Å². The summed E-state index contributed by atoms with van der Waals surface area (Å²) in [6, 6.07) is 13.2. The molecule has 0 amide bonds. The van der Waals surface area contributed by atoms with Crippen molar-refractivity contribution >= 4 is 26.9 Å². The Morgan fingerprint density at radius 3 is 2.68 bits per heavy atom. The van der Waals surface area contributed by atoms with E-state index in [1.165, 1.54) is 12.1 Å². The maximum absolute atomic E-state index is 13.6. The monoisotopic (exact) mass is 360 g/mol. The molecule has 1 aromatic heterocycles. The van der Waals surface area contributed by atoms with Crippen molar-refractivity contribution in [1.82, 2.24) is 0 Å². The van der Waals surface area contributed by atoms with Gasteiger partial charge in [-0.25, -0.2) is 4.39 Å². The number of hydrogen-bond acceptors (Lipinski definition) is 2. The van der Waals surface area contributed by atoms with E-state index >= 15 is 0 Å². The predicted octanol–water partition coefficient (Wildman–Crippen LogP) is 5.45. The van der Waals surface area contributed by atoms with E-state index < -0.39 is 0 Å². The van der Waals surface area contributed by atoms with Crippen molar-refractivity contribution in [1.29, 1.82) is 0 Å². The van der Waals surface area contributed by atoms with Gasteiger partial charge >= 0.3 is 0 Å². The Kier molecular flexibility index (Phi) is 4.12. The molecule has 1 atom stereocenters. The first kappa shape index (κ1) is 15.0. The number of benzene rings is 2. The van der Waals surface area contributed by atoms with Crippen molar-refractivity contribution in [2.75, 3.05) is 0 Å². The van der Waals surface area contributed by atoms with Crippen LogP contribution in [0, 0.1) is 5.82 Å². The molecule has 0 bridgehead atoms. The molecular formula is C18H14BrFO2. The molecule has 0 aliphatic carbocycles. The van der Waals surface area contributed by atoms with Crippen molar-refractivity contribution in [3.05, 3.63) is 70.3 Å². The molecule has 0 aliphatic heterocycles. The Labute approximate surface area is 135 Å². The van der Waals surface area contributed by atoms with Crippen LogP contribution in [0.15, 0.2) is 57.7 Å². The highest BCUT2D eigenvalue weighted by atomic mass is 79.9. The number of fused-ring (bicyclic) bond motifs is 1. The lowest BCUT2D eigenvalue weighted by atomic mass is 10.00. The molecule has 112 valence electrons. The molecule has 22 heavy (non-hydrogen) atoms. The minimum atomic E-state index is -0.376. The van der Waals surface area contributed by atoms with Crippen LogP contribution >= 0.6 is 15.9 Å². The van der Waals surface area contributed by atoms with Crippen LogP contribution in [0.4, 0.5) is 4.39 Å². The Morgan fingerprint density at radius 2 is 1.95 bits per heavy atom. The van der Waals surface area contributed by atoms with Crippen LogP contribution in [0.2, 0.25) is 0 Å². The van der Waals surface area contributed by atoms with Crippen LogP contribution in [0.25, 0.3) is 22.1 Å². The number of hydrogen-bond donors (Lipinski definition) is 0. The second kappa shape index (κ2) is 6.05. The molecule has 0 N–H and O–H groups in total. The second-order valence-electron chi connectivity index (χ2n) is 5.05. The number of alkyl halides is 1. The van der Waals surface area contributed by atoms with Crippen LogP contribution in [0.1, 0.15) is 23.9 Å². The highest BCUT2D eigenvalue weighted by Gasteiger charge is 2.21. The van der Waals surface area contributed by atoms with E-state index in [-0.39, 0.29) is 16.1 Å². The number of rotatable bonds is 3. The summed E-state index contributed by atoms with van der Waals surface area (Å²) in [4.78, 5) is 12.8. The molecule has 4 heteroatoms. The zero-order valence-corrected chi connectivity index (χ0v) is 13.6. The first-order valence-electron chi connectivity index (χ1n) is 7.07. The first-order chi connectivity index (χ1) is 10.6. The lowest BCUT2D eigenvalue weighted by molar-refractivity contribution is 0.532. The van der Waals surface area contributed by atoms with Gasteiger partial charge in [0.05, 0.1) is 15.8 Å². The average Bonchev–Trinajstić information content (AvgIpc) is 2.54. The van der Waals surface area contributed by atoms with Gasteiger partial charge in [-0.3, -0.25) is 4.79 Å². The van der Waals surface area contributed by atoms with Crippen LogP contribution in [0.5, 0.6) is 0 Å². The third-order valence-corrected chi connectivity index (χ3v) is 4.64. The van der Waals surface area contributed by atoms with Crippen LogP contribution in [-0.2, 0) is 0 Å². The molecule has 0 aliphatic rings.